The van der Waals surface area contributed by atoms with Crippen molar-refractivity contribution in [1.82, 2.24) is 0 Å². The monoisotopic (exact) mass is 967 g/mol. The molecule has 0 aromatic heterocycles. The molecule has 8 rings (SSSR count). The van der Waals surface area contributed by atoms with Crippen molar-refractivity contribution in [3.8, 4) is 0 Å². The summed E-state index contributed by atoms with van der Waals surface area (Å²) in [6.07, 6.45) is -9.29. The summed E-state index contributed by atoms with van der Waals surface area (Å²) < 4.78 is 47.1. The Morgan fingerprint density at radius 1 is 0.735 bits per heavy atom. The van der Waals surface area contributed by atoms with Gasteiger partial charge in [0.25, 0.3) is 0 Å². The van der Waals surface area contributed by atoms with Gasteiger partial charge in [-0.25, -0.2) is 0 Å². The van der Waals surface area contributed by atoms with E-state index in [-0.39, 0.29) is 52.6 Å². The minimum atomic E-state index is -1.79. The van der Waals surface area contributed by atoms with Gasteiger partial charge in [0.2, 0.25) is 0 Å². The van der Waals surface area contributed by atoms with E-state index in [1.165, 1.54) is 19.4 Å². The molecule has 22 unspecified atom stereocenters. The second kappa shape index (κ2) is 18.6. The Morgan fingerprint density at radius 2 is 1.40 bits per heavy atom. The molecule has 8 aliphatic rings. The van der Waals surface area contributed by atoms with E-state index in [4.69, 9.17) is 37.9 Å². The largest absolute Gasteiger partial charge is 0.481 e. The quantitative estimate of drug-likeness (QED) is 0.0891. The molecule has 3 aliphatic heterocycles. The van der Waals surface area contributed by atoms with Crippen molar-refractivity contribution in [2.45, 2.75) is 213 Å². The maximum absolute atomic E-state index is 13.2. The Bertz CT molecular complexity index is 1930. The topological polar surface area (TPSA) is 267 Å². The third kappa shape index (κ3) is 8.49. The Morgan fingerprint density at radius 3 is 2.06 bits per heavy atom. The molecule has 0 amide bonds. The lowest BCUT2D eigenvalue weighted by molar-refractivity contribution is -0.374. The first kappa shape index (κ1) is 52.0. The Balaban J connectivity index is 1.000. The van der Waals surface area contributed by atoms with Gasteiger partial charge in [-0.05, 0) is 111 Å². The van der Waals surface area contributed by atoms with Crippen LogP contribution in [0.5, 0.6) is 0 Å². The van der Waals surface area contributed by atoms with Gasteiger partial charge >= 0.3 is 17.9 Å². The number of carboxylic acids is 1. The molecular formula is C50H78O18. The average molecular weight is 967 g/mol. The van der Waals surface area contributed by atoms with E-state index in [9.17, 15) is 50.1 Å². The highest BCUT2D eigenvalue weighted by Gasteiger charge is 2.70. The molecule has 0 aromatic carbocycles. The molecule has 0 aromatic rings. The summed E-state index contributed by atoms with van der Waals surface area (Å²) in [4.78, 5) is 36.6. The summed E-state index contributed by atoms with van der Waals surface area (Å²) in [6.45, 7) is 16.7. The number of hydrogen-bond donors (Lipinski definition) is 7. The van der Waals surface area contributed by atoms with E-state index >= 15 is 0 Å². The van der Waals surface area contributed by atoms with Crippen molar-refractivity contribution in [3.05, 3.63) is 11.6 Å². The van der Waals surface area contributed by atoms with Crippen LogP contribution in [-0.4, -0.2) is 159 Å². The number of carbonyl (C=O) groups excluding carboxylic acids is 2. The smallest absolute Gasteiger partial charge is 0.310 e. The number of aliphatic hydroxyl groups is 6. The van der Waals surface area contributed by atoms with Crippen molar-refractivity contribution in [3.63, 3.8) is 0 Å². The minimum Gasteiger partial charge on any atom is -0.481 e. The highest BCUT2D eigenvalue weighted by atomic mass is 16.8. The molecule has 68 heavy (non-hydrogen) atoms. The molecule has 18 heteroatoms. The second-order valence-corrected chi connectivity index (χ2v) is 23.6. The zero-order valence-electron chi connectivity index (χ0n) is 41.2. The van der Waals surface area contributed by atoms with Crippen LogP contribution in [0.2, 0.25) is 0 Å². The average Bonchev–Trinajstić information content (AvgIpc) is 3.55. The van der Waals surface area contributed by atoms with E-state index in [1.54, 1.807) is 0 Å². The van der Waals surface area contributed by atoms with Crippen LogP contribution < -0.4 is 0 Å². The first-order chi connectivity index (χ1) is 31.8. The summed E-state index contributed by atoms with van der Waals surface area (Å²) in [5.41, 5.74) is -0.640. The second-order valence-electron chi connectivity index (χ2n) is 23.6. The van der Waals surface area contributed by atoms with E-state index < -0.39 is 121 Å². The van der Waals surface area contributed by atoms with Crippen LogP contribution in [0.3, 0.4) is 0 Å². The number of rotatable bonds is 11. The molecule has 7 fully saturated rings. The molecule has 386 valence electrons. The molecule has 0 bridgehead atoms. The first-order valence-corrected chi connectivity index (χ1v) is 24.9. The molecule has 0 spiro atoms. The molecule has 4 saturated carbocycles. The van der Waals surface area contributed by atoms with Crippen LogP contribution in [-0.2, 0) is 52.3 Å². The van der Waals surface area contributed by atoms with Gasteiger partial charge in [0, 0.05) is 19.3 Å². The standard InChI is InChI=1S/C50H78O18/c1-24-34(55)39(67-42-36(57)38(64-26(3)53)30(65-42)22-61-25(2)52)37(58)41(63-24)68-40-35(56)29(54)21-62-43(40)66-33-13-14-46(6)31(47(33,7)23-51)12-15-49(9)32(46)11-10-27-28-20-45(4,5)16-18-50(28,44(59)60)19-17-48(27,49)8/h10,24,28-43,51,54-58H,11-23H2,1-9H3,(H,59,60). The maximum atomic E-state index is 13.2. The molecule has 5 aliphatic carbocycles. The Hall–Kier alpha value is -2.33. The lowest BCUT2D eigenvalue weighted by Crippen LogP contribution is -2.67. The summed E-state index contributed by atoms with van der Waals surface area (Å²) in [5.74, 6) is -1.80. The van der Waals surface area contributed by atoms with Gasteiger partial charge in [0.15, 0.2) is 25.0 Å². The van der Waals surface area contributed by atoms with Gasteiger partial charge in [-0.15, -0.1) is 0 Å². The summed E-state index contributed by atoms with van der Waals surface area (Å²) in [5, 5.41) is 78.7. The molecule has 3 saturated heterocycles. The fourth-order valence-electron chi connectivity index (χ4n) is 15.1. The summed E-state index contributed by atoms with van der Waals surface area (Å²) in [7, 11) is 0. The third-order valence-electron chi connectivity index (χ3n) is 19.3. The number of carbonyl (C=O) groups is 3. The van der Waals surface area contributed by atoms with Crippen LogP contribution in [0, 0.1) is 50.2 Å². The fraction of sp³-hybridized carbons (Fsp3) is 0.900. The minimum absolute atomic E-state index is 0.00711. The van der Waals surface area contributed by atoms with Crippen molar-refractivity contribution in [2.24, 2.45) is 50.2 Å². The molecule has 3 heterocycles. The third-order valence-corrected chi connectivity index (χ3v) is 19.3. The lowest BCUT2D eigenvalue weighted by Gasteiger charge is -2.71. The van der Waals surface area contributed by atoms with Gasteiger partial charge in [-0.3, -0.25) is 14.4 Å². The van der Waals surface area contributed by atoms with Crippen LogP contribution >= 0.6 is 0 Å². The lowest BCUT2D eigenvalue weighted by atomic mass is 9.33. The SMILES string of the molecule is CC(=O)OCC1OC(OC2C(O)C(C)OC(OC3C(OC4CCC5(C)C(CCC6(C)C5CC=C5C7CC(C)(C)CCC7(C(=O)O)CCC56C)C4(C)CO)OCC(O)C3O)C2O)C(O)C1OC(C)=O. The number of allylic oxidation sites excluding steroid dienone is 2. The predicted octanol–water partition coefficient (Wildman–Crippen LogP) is 3.13. The Kier molecular flexibility index (Phi) is 14.2. The number of fused-ring (bicyclic) bond motifs is 7. The predicted molar refractivity (Wildman–Crippen MR) is 238 cm³/mol. The van der Waals surface area contributed by atoms with Gasteiger partial charge in [0.1, 0.15) is 55.4 Å². The van der Waals surface area contributed by atoms with E-state index in [2.05, 4.69) is 40.7 Å². The molecular weight excluding hydrogens is 889 g/mol. The van der Waals surface area contributed by atoms with Gasteiger partial charge in [-0.1, -0.05) is 53.2 Å². The zero-order valence-corrected chi connectivity index (χ0v) is 41.2. The van der Waals surface area contributed by atoms with Crippen LogP contribution in [0.15, 0.2) is 11.6 Å². The first-order valence-electron chi connectivity index (χ1n) is 24.9. The summed E-state index contributed by atoms with van der Waals surface area (Å²) in [6, 6.07) is 0. The molecule has 18 nitrogen and oxygen atoms in total. The highest BCUT2D eigenvalue weighted by molar-refractivity contribution is 5.76. The van der Waals surface area contributed by atoms with Gasteiger partial charge < -0.3 is 73.6 Å². The zero-order chi connectivity index (χ0) is 49.7. The van der Waals surface area contributed by atoms with Crippen LogP contribution in [0.25, 0.3) is 0 Å². The van der Waals surface area contributed by atoms with Gasteiger partial charge in [0.05, 0.1) is 30.8 Å². The van der Waals surface area contributed by atoms with Crippen molar-refractivity contribution < 1.29 is 88.0 Å². The van der Waals surface area contributed by atoms with E-state index in [0.29, 0.717) is 19.3 Å². The van der Waals surface area contributed by atoms with Crippen LogP contribution in [0.4, 0.5) is 0 Å². The van der Waals surface area contributed by atoms with Crippen molar-refractivity contribution in [1.29, 1.82) is 0 Å². The number of carboxylic acid groups (broad SMARTS) is 1. The maximum Gasteiger partial charge on any atom is 0.310 e. The highest BCUT2D eigenvalue weighted by Crippen LogP contribution is 2.76. The van der Waals surface area contributed by atoms with E-state index in [1.807, 2.05) is 6.92 Å². The van der Waals surface area contributed by atoms with Crippen LogP contribution in [0.1, 0.15) is 127 Å². The van der Waals surface area contributed by atoms with Gasteiger partial charge in [-0.2, -0.15) is 0 Å². The summed E-state index contributed by atoms with van der Waals surface area (Å²) >= 11 is 0. The molecule has 22 atom stereocenters. The van der Waals surface area contributed by atoms with E-state index in [0.717, 1.165) is 51.9 Å². The normalized spacial score (nSPS) is 50.9. The number of hydrogen-bond acceptors (Lipinski definition) is 17. The van der Waals surface area contributed by atoms with Crippen molar-refractivity contribution >= 4 is 17.9 Å². The fourth-order valence-corrected chi connectivity index (χ4v) is 15.1. The Labute approximate surface area is 399 Å². The molecule has 7 N–H and O–H groups in total. The number of esters is 2. The number of ether oxygens (including phenoxy) is 8. The van der Waals surface area contributed by atoms with Crippen molar-refractivity contribution in [2.75, 3.05) is 19.8 Å². The number of aliphatic hydroxyl groups excluding tert-OH is 6. The number of aliphatic carboxylic acids is 1. The molecule has 0 radical (unpaired) electrons.